The maximum Gasteiger partial charge on any atom is 0.258 e. The predicted molar refractivity (Wildman–Crippen MR) is 64.6 cm³/mol. The van der Waals surface area contributed by atoms with Crippen molar-refractivity contribution >= 4 is 11.7 Å². The molecule has 1 fully saturated rings. The smallest absolute Gasteiger partial charge is 0.258 e. The van der Waals surface area contributed by atoms with Crippen LogP contribution in [-0.4, -0.2) is 41.1 Å². The maximum atomic E-state index is 12.4. The van der Waals surface area contributed by atoms with Crippen LogP contribution in [0.3, 0.4) is 0 Å². The minimum absolute atomic E-state index is 0.0797. The summed E-state index contributed by atoms with van der Waals surface area (Å²) in [6, 6.07) is 3.42. The van der Waals surface area contributed by atoms with Crippen LogP contribution in [0, 0.1) is 0 Å². The molecular formula is C12H17N3O2. The number of nitrogens with zero attached hydrogens (tertiary/aromatic N) is 2. The minimum atomic E-state index is -0.308. The molecule has 0 radical (unpaired) electrons. The second-order valence-electron chi connectivity index (χ2n) is 4.76. The standard InChI is InChI=1S/C12H17N3O2/c1-12(2)8-17-7-6-15(12)11(16)9-4-3-5-14-10(9)13/h3-5H,6-8H2,1-2H3,(H2,13,14). The van der Waals surface area contributed by atoms with Gasteiger partial charge in [-0.2, -0.15) is 0 Å². The highest BCUT2D eigenvalue weighted by atomic mass is 16.5. The van der Waals surface area contributed by atoms with Gasteiger partial charge in [0.15, 0.2) is 0 Å². The fourth-order valence-corrected chi connectivity index (χ4v) is 1.98. The van der Waals surface area contributed by atoms with Gasteiger partial charge in [-0.05, 0) is 26.0 Å². The Morgan fingerprint density at radius 1 is 1.59 bits per heavy atom. The number of anilines is 1. The summed E-state index contributed by atoms with van der Waals surface area (Å²) in [6.07, 6.45) is 1.58. The van der Waals surface area contributed by atoms with E-state index >= 15 is 0 Å². The minimum Gasteiger partial charge on any atom is -0.383 e. The molecular weight excluding hydrogens is 218 g/mol. The number of hydrogen-bond acceptors (Lipinski definition) is 4. The molecule has 0 aliphatic carbocycles. The van der Waals surface area contributed by atoms with Gasteiger partial charge in [0.05, 0.1) is 24.3 Å². The zero-order valence-electron chi connectivity index (χ0n) is 10.1. The van der Waals surface area contributed by atoms with E-state index in [1.165, 1.54) is 0 Å². The topological polar surface area (TPSA) is 68.5 Å². The first kappa shape index (κ1) is 11.9. The first-order chi connectivity index (χ1) is 8.02. The highest BCUT2D eigenvalue weighted by Crippen LogP contribution is 2.22. The first-order valence-electron chi connectivity index (χ1n) is 5.62. The molecule has 2 heterocycles. The molecule has 1 aromatic heterocycles. The number of carbonyl (C=O) groups excluding carboxylic acids is 1. The van der Waals surface area contributed by atoms with E-state index in [0.717, 1.165) is 0 Å². The van der Waals surface area contributed by atoms with Gasteiger partial charge in [-0.25, -0.2) is 4.98 Å². The van der Waals surface area contributed by atoms with Gasteiger partial charge < -0.3 is 15.4 Å². The third kappa shape index (κ3) is 2.24. The van der Waals surface area contributed by atoms with Crippen molar-refractivity contribution in [2.24, 2.45) is 0 Å². The number of nitrogens with two attached hydrogens (primary N) is 1. The summed E-state index contributed by atoms with van der Waals surface area (Å²) in [5.41, 5.74) is 5.88. The van der Waals surface area contributed by atoms with E-state index in [-0.39, 0.29) is 17.3 Å². The van der Waals surface area contributed by atoms with Crippen molar-refractivity contribution < 1.29 is 9.53 Å². The van der Waals surface area contributed by atoms with Crippen molar-refractivity contribution in [2.75, 3.05) is 25.5 Å². The SMILES string of the molecule is CC1(C)COCCN1C(=O)c1cccnc1N. The van der Waals surface area contributed by atoms with Crippen LogP contribution in [0.1, 0.15) is 24.2 Å². The van der Waals surface area contributed by atoms with Gasteiger partial charge in [0.1, 0.15) is 5.82 Å². The van der Waals surface area contributed by atoms with Crippen LogP contribution < -0.4 is 5.73 Å². The Kier molecular flexibility index (Phi) is 3.02. The summed E-state index contributed by atoms with van der Waals surface area (Å²) in [6.45, 7) is 5.65. The average molecular weight is 235 g/mol. The molecule has 0 aromatic carbocycles. The molecule has 0 bridgehead atoms. The molecule has 1 saturated heterocycles. The van der Waals surface area contributed by atoms with Crippen LogP contribution in [-0.2, 0) is 4.74 Å². The number of rotatable bonds is 1. The van der Waals surface area contributed by atoms with Gasteiger partial charge in [-0.3, -0.25) is 4.79 Å². The molecule has 0 unspecified atom stereocenters. The monoisotopic (exact) mass is 235 g/mol. The number of amides is 1. The van der Waals surface area contributed by atoms with E-state index < -0.39 is 0 Å². The molecule has 2 N–H and O–H groups in total. The van der Waals surface area contributed by atoms with Gasteiger partial charge in [0.2, 0.25) is 0 Å². The fraction of sp³-hybridized carbons (Fsp3) is 0.500. The second kappa shape index (κ2) is 4.33. The third-order valence-electron chi connectivity index (χ3n) is 2.96. The number of pyridine rings is 1. The van der Waals surface area contributed by atoms with Crippen LogP contribution in [0.25, 0.3) is 0 Å². The van der Waals surface area contributed by atoms with E-state index in [1.807, 2.05) is 13.8 Å². The van der Waals surface area contributed by atoms with E-state index in [2.05, 4.69) is 4.98 Å². The fourth-order valence-electron chi connectivity index (χ4n) is 1.98. The molecule has 5 nitrogen and oxygen atoms in total. The normalized spacial score (nSPS) is 19.1. The Morgan fingerprint density at radius 3 is 3.00 bits per heavy atom. The summed E-state index contributed by atoms with van der Waals surface area (Å²) in [4.78, 5) is 18.1. The van der Waals surface area contributed by atoms with Crippen molar-refractivity contribution in [3.05, 3.63) is 23.9 Å². The zero-order chi connectivity index (χ0) is 12.5. The Balaban J connectivity index is 2.28. The molecule has 0 spiro atoms. The van der Waals surface area contributed by atoms with E-state index in [1.54, 1.807) is 23.2 Å². The van der Waals surface area contributed by atoms with Gasteiger partial charge in [-0.15, -0.1) is 0 Å². The Labute approximate surface area is 101 Å². The predicted octanol–water partition coefficient (Wildman–Crippen LogP) is 0.915. The number of aromatic nitrogens is 1. The van der Waals surface area contributed by atoms with Crippen molar-refractivity contribution in [3.63, 3.8) is 0 Å². The molecule has 0 atom stereocenters. The van der Waals surface area contributed by atoms with Crippen LogP contribution >= 0.6 is 0 Å². The van der Waals surface area contributed by atoms with Gasteiger partial charge in [0.25, 0.3) is 5.91 Å². The Morgan fingerprint density at radius 2 is 2.35 bits per heavy atom. The van der Waals surface area contributed by atoms with Crippen LogP contribution in [0.2, 0.25) is 0 Å². The van der Waals surface area contributed by atoms with Gasteiger partial charge in [0, 0.05) is 12.7 Å². The molecule has 1 amide bonds. The van der Waals surface area contributed by atoms with E-state index in [9.17, 15) is 4.79 Å². The summed E-state index contributed by atoms with van der Waals surface area (Å²) < 4.78 is 5.39. The van der Waals surface area contributed by atoms with Crippen molar-refractivity contribution in [2.45, 2.75) is 19.4 Å². The van der Waals surface area contributed by atoms with Gasteiger partial charge in [-0.1, -0.05) is 0 Å². The summed E-state index contributed by atoms with van der Waals surface area (Å²) in [5, 5.41) is 0. The number of morpholine rings is 1. The highest BCUT2D eigenvalue weighted by molar-refractivity contribution is 5.98. The summed E-state index contributed by atoms with van der Waals surface area (Å²) in [7, 11) is 0. The Bertz CT molecular complexity index is 432. The lowest BCUT2D eigenvalue weighted by Crippen LogP contribution is -2.55. The van der Waals surface area contributed by atoms with Crippen LogP contribution in [0.4, 0.5) is 5.82 Å². The second-order valence-corrected chi connectivity index (χ2v) is 4.76. The van der Waals surface area contributed by atoms with Crippen molar-refractivity contribution in [1.82, 2.24) is 9.88 Å². The highest BCUT2D eigenvalue weighted by Gasteiger charge is 2.35. The van der Waals surface area contributed by atoms with Crippen molar-refractivity contribution in [1.29, 1.82) is 0 Å². The van der Waals surface area contributed by atoms with Gasteiger partial charge >= 0.3 is 0 Å². The molecule has 1 aromatic rings. The van der Waals surface area contributed by atoms with Crippen LogP contribution in [0.15, 0.2) is 18.3 Å². The molecule has 1 aliphatic heterocycles. The molecule has 5 heteroatoms. The molecule has 17 heavy (non-hydrogen) atoms. The number of ether oxygens (including phenoxy) is 1. The first-order valence-corrected chi connectivity index (χ1v) is 5.62. The molecule has 1 aliphatic rings. The maximum absolute atomic E-state index is 12.4. The van der Waals surface area contributed by atoms with E-state index in [0.29, 0.717) is 25.3 Å². The van der Waals surface area contributed by atoms with Crippen molar-refractivity contribution in [3.8, 4) is 0 Å². The molecule has 0 saturated carbocycles. The lowest BCUT2D eigenvalue weighted by molar-refractivity contribution is -0.0370. The number of carbonyl (C=O) groups is 1. The molecule has 2 rings (SSSR count). The third-order valence-corrected chi connectivity index (χ3v) is 2.96. The number of hydrogen-bond donors (Lipinski definition) is 1. The summed E-state index contributed by atoms with van der Waals surface area (Å²) in [5.74, 6) is 0.198. The quantitative estimate of drug-likeness (QED) is 0.785. The largest absolute Gasteiger partial charge is 0.383 e. The van der Waals surface area contributed by atoms with E-state index in [4.69, 9.17) is 10.5 Å². The number of nitrogen functional groups attached to an aromatic ring is 1. The lowest BCUT2D eigenvalue weighted by atomic mass is 10.0. The summed E-state index contributed by atoms with van der Waals surface area (Å²) >= 11 is 0. The molecule has 92 valence electrons. The lowest BCUT2D eigenvalue weighted by Gasteiger charge is -2.42. The van der Waals surface area contributed by atoms with Crippen LogP contribution in [0.5, 0.6) is 0 Å². The Hall–Kier alpha value is -1.62. The average Bonchev–Trinajstić information content (AvgIpc) is 2.28. The zero-order valence-corrected chi connectivity index (χ0v) is 10.1.